The lowest BCUT2D eigenvalue weighted by Gasteiger charge is -2.28. The molecule has 0 aliphatic rings. The molecule has 0 fully saturated rings. The third-order valence-electron chi connectivity index (χ3n) is 5.73. The summed E-state index contributed by atoms with van der Waals surface area (Å²) in [6.07, 6.45) is 7.11. The number of esters is 1. The Hall–Kier alpha value is -2.78. The zero-order chi connectivity index (χ0) is 27.6. The molecule has 0 saturated heterocycles. The summed E-state index contributed by atoms with van der Waals surface area (Å²) in [4.78, 5) is 24.3. The quantitative estimate of drug-likeness (QED) is 0.0661. The maximum absolute atomic E-state index is 12.8. The first-order chi connectivity index (χ1) is 18.5. The monoisotopic (exact) mass is 542 g/mol. The molecule has 0 aliphatic carbocycles. The summed E-state index contributed by atoms with van der Waals surface area (Å²) in [5, 5.41) is 0. The van der Waals surface area contributed by atoms with Crippen LogP contribution in [0.3, 0.4) is 0 Å². The zero-order valence-corrected chi connectivity index (χ0v) is 24.2. The third kappa shape index (κ3) is 10.9. The van der Waals surface area contributed by atoms with Crippen LogP contribution in [0.5, 0.6) is 5.75 Å². The Balaban J connectivity index is 1.74. The van der Waals surface area contributed by atoms with Crippen LogP contribution in [0.2, 0.25) is 6.04 Å². The average molecular weight is 543 g/mol. The van der Waals surface area contributed by atoms with Crippen molar-refractivity contribution in [3.63, 3.8) is 0 Å². The van der Waals surface area contributed by atoms with Gasteiger partial charge in [-0.2, -0.15) is 0 Å². The summed E-state index contributed by atoms with van der Waals surface area (Å²) in [5.41, 5.74) is 1.99. The van der Waals surface area contributed by atoms with Crippen molar-refractivity contribution in [1.29, 1.82) is 0 Å². The molecular weight excluding hydrogens is 500 g/mol. The summed E-state index contributed by atoms with van der Waals surface area (Å²) in [7, 11) is -2.55. The molecule has 0 bridgehead atoms. The van der Waals surface area contributed by atoms with Crippen molar-refractivity contribution in [2.24, 2.45) is 0 Å². The number of rotatable bonds is 19. The van der Waals surface area contributed by atoms with E-state index < -0.39 is 8.80 Å². The van der Waals surface area contributed by atoms with Gasteiger partial charge in [0.2, 0.25) is 0 Å². The van der Waals surface area contributed by atoms with Crippen LogP contribution in [0.4, 0.5) is 0 Å². The van der Waals surface area contributed by atoms with Gasteiger partial charge in [0, 0.05) is 43.1 Å². The molecule has 2 aromatic carbocycles. The molecule has 0 N–H and O–H groups in total. The van der Waals surface area contributed by atoms with Gasteiger partial charge in [-0.25, -0.2) is 4.79 Å². The number of unbranched alkanes of at least 4 members (excludes halogenated alkanes) is 3. The predicted molar refractivity (Wildman–Crippen MR) is 151 cm³/mol. The van der Waals surface area contributed by atoms with Gasteiger partial charge in [-0.15, -0.1) is 0 Å². The van der Waals surface area contributed by atoms with Crippen LogP contribution in [-0.2, 0) is 22.8 Å². The lowest BCUT2D eigenvalue weighted by atomic mass is 10.0. The molecule has 7 nitrogen and oxygen atoms in total. The first kappa shape index (κ1) is 31.4. The highest BCUT2D eigenvalue weighted by Gasteiger charge is 2.39. The second-order valence-electron chi connectivity index (χ2n) is 8.56. The molecular formula is C30H42O7Si. The van der Waals surface area contributed by atoms with Gasteiger partial charge < -0.3 is 22.8 Å². The van der Waals surface area contributed by atoms with Gasteiger partial charge in [-0.1, -0.05) is 37.1 Å². The Morgan fingerprint density at radius 2 is 1.26 bits per heavy atom. The third-order valence-corrected chi connectivity index (χ3v) is 8.88. The van der Waals surface area contributed by atoms with E-state index in [9.17, 15) is 9.59 Å². The summed E-state index contributed by atoms with van der Waals surface area (Å²) in [6, 6.07) is 15.2. The van der Waals surface area contributed by atoms with Crippen LogP contribution < -0.4 is 4.74 Å². The van der Waals surface area contributed by atoms with Crippen molar-refractivity contribution < 1.29 is 32.3 Å². The number of hydrogen-bond acceptors (Lipinski definition) is 7. The van der Waals surface area contributed by atoms with Crippen molar-refractivity contribution in [1.82, 2.24) is 0 Å². The molecule has 0 unspecified atom stereocenters. The van der Waals surface area contributed by atoms with Gasteiger partial charge in [0.1, 0.15) is 5.75 Å². The molecule has 0 spiro atoms. The summed E-state index contributed by atoms with van der Waals surface area (Å²) in [6.45, 7) is 10.5. The number of carbonyl (C=O) groups excluding carboxylic acids is 2. The molecule has 0 amide bonds. The predicted octanol–water partition coefficient (Wildman–Crippen LogP) is 6.48. The molecule has 0 radical (unpaired) electrons. The van der Waals surface area contributed by atoms with Crippen LogP contribution in [0.1, 0.15) is 74.9 Å². The normalized spacial score (nSPS) is 11.6. The molecule has 38 heavy (non-hydrogen) atoms. The second kappa shape index (κ2) is 17.7. The molecule has 0 saturated carbocycles. The fourth-order valence-corrected chi connectivity index (χ4v) is 6.64. The van der Waals surface area contributed by atoms with Gasteiger partial charge in [-0.3, -0.25) is 4.79 Å². The van der Waals surface area contributed by atoms with Crippen molar-refractivity contribution in [2.75, 3.05) is 33.0 Å². The maximum Gasteiger partial charge on any atom is 0.500 e. The maximum atomic E-state index is 12.8. The minimum atomic E-state index is -2.55. The van der Waals surface area contributed by atoms with Crippen LogP contribution in [-0.4, -0.2) is 53.6 Å². The molecule has 0 aliphatic heterocycles. The summed E-state index contributed by atoms with van der Waals surface area (Å²) in [5.74, 6) is 0.291. The van der Waals surface area contributed by atoms with E-state index in [0.29, 0.717) is 44.2 Å². The van der Waals surface area contributed by atoms with Crippen LogP contribution in [0.15, 0.2) is 54.6 Å². The molecule has 208 valence electrons. The molecule has 2 rings (SSSR count). The van der Waals surface area contributed by atoms with Crippen molar-refractivity contribution in [2.45, 2.75) is 59.4 Å². The van der Waals surface area contributed by atoms with Gasteiger partial charge in [0.15, 0.2) is 5.78 Å². The largest absolute Gasteiger partial charge is 0.500 e. The number of hydrogen-bond donors (Lipinski definition) is 0. The SMILES string of the molecule is CCOC(=O)/C=C/c1ccc(C(=O)c2ccc(OCCCCCC[Si](OCC)(OCC)OCC)cc2)cc1. The first-order valence-corrected chi connectivity index (χ1v) is 15.5. The number of ether oxygens (including phenoxy) is 2. The lowest BCUT2D eigenvalue weighted by Crippen LogP contribution is -2.45. The zero-order valence-electron chi connectivity index (χ0n) is 23.2. The first-order valence-electron chi connectivity index (χ1n) is 13.6. The topological polar surface area (TPSA) is 80.3 Å². The highest BCUT2D eigenvalue weighted by Crippen LogP contribution is 2.21. The van der Waals surface area contributed by atoms with Gasteiger partial charge in [-0.05, 0) is 76.4 Å². The molecule has 2 aromatic rings. The van der Waals surface area contributed by atoms with E-state index in [1.807, 2.05) is 32.9 Å². The van der Waals surface area contributed by atoms with Crippen molar-refractivity contribution in [3.8, 4) is 5.75 Å². The Labute approximate surface area is 228 Å². The van der Waals surface area contributed by atoms with Gasteiger partial charge in [0.05, 0.1) is 13.2 Å². The van der Waals surface area contributed by atoms with Crippen molar-refractivity contribution in [3.05, 3.63) is 71.3 Å². The van der Waals surface area contributed by atoms with E-state index in [1.165, 1.54) is 6.08 Å². The highest BCUT2D eigenvalue weighted by molar-refractivity contribution is 6.60. The molecule has 0 heterocycles. The number of ketones is 1. The fraction of sp³-hybridized carbons (Fsp3) is 0.467. The molecule has 0 aromatic heterocycles. The summed E-state index contributed by atoms with van der Waals surface area (Å²) < 4.78 is 28.5. The smallest absolute Gasteiger partial charge is 0.494 e. The lowest BCUT2D eigenvalue weighted by molar-refractivity contribution is -0.137. The van der Waals surface area contributed by atoms with E-state index in [1.54, 1.807) is 49.4 Å². The van der Waals surface area contributed by atoms with Gasteiger partial charge in [0.25, 0.3) is 0 Å². The Bertz CT molecular complexity index is 970. The Kier molecular flexibility index (Phi) is 14.6. The molecule has 0 atom stereocenters. The number of benzene rings is 2. The van der Waals surface area contributed by atoms with E-state index in [2.05, 4.69) is 0 Å². The van der Waals surface area contributed by atoms with Crippen LogP contribution >= 0.6 is 0 Å². The average Bonchev–Trinajstić information content (AvgIpc) is 2.92. The Morgan fingerprint density at radius 1 is 0.711 bits per heavy atom. The highest BCUT2D eigenvalue weighted by atomic mass is 28.4. The van der Waals surface area contributed by atoms with Crippen LogP contribution in [0, 0.1) is 0 Å². The minimum Gasteiger partial charge on any atom is -0.494 e. The van der Waals surface area contributed by atoms with E-state index in [0.717, 1.165) is 43.0 Å². The second-order valence-corrected chi connectivity index (χ2v) is 11.3. The van der Waals surface area contributed by atoms with Crippen LogP contribution in [0.25, 0.3) is 6.08 Å². The minimum absolute atomic E-state index is 0.0664. The van der Waals surface area contributed by atoms with E-state index in [-0.39, 0.29) is 11.8 Å². The van der Waals surface area contributed by atoms with Crippen molar-refractivity contribution >= 4 is 26.6 Å². The fourth-order valence-electron chi connectivity index (χ4n) is 3.96. The summed E-state index contributed by atoms with van der Waals surface area (Å²) >= 11 is 0. The number of carbonyl (C=O) groups is 2. The van der Waals surface area contributed by atoms with E-state index in [4.69, 9.17) is 22.8 Å². The Morgan fingerprint density at radius 3 is 1.82 bits per heavy atom. The van der Waals surface area contributed by atoms with Gasteiger partial charge >= 0.3 is 14.8 Å². The molecule has 8 heteroatoms. The van der Waals surface area contributed by atoms with E-state index >= 15 is 0 Å². The standard InChI is InChI=1S/C30H42O7Si/c1-5-33-29(31)22-15-25-13-16-26(17-14-25)30(32)27-18-20-28(21-19-27)34-23-11-9-10-12-24-38(35-6-2,36-7-3)37-8-4/h13-22H,5-12,23-24H2,1-4H3/b22-15+.